The molecule has 0 aromatic carbocycles. The first-order chi connectivity index (χ1) is 10.2. The molecule has 21 heavy (non-hydrogen) atoms. The van der Waals surface area contributed by atoms with Crippen LogP contribution < -0.4 is 5.32 Å². The number of urea groups is 1. The molecule has 1 N–H and O–H groups in total. The van der Waals surface area contributed by atoms with Crippen molar-refractivity contribution in [1.82, 2.24) is 20.3 Å². The molecule has 0 spiro atoms. The van der Waals surface area contributed by atoms with Gasteiger partial charge in [0.2, 0.25) is 0 Å². The molecule has 6 nitrogen and oxygen atoms in total. The number of thioether (sulfide) groups is 1. The SMILES string of the molecule is CSCC[C@H](C)NC(=O)N1CCN(Cc2ccon2)CC1. The van der Waals surface area contributed by atoms with Gasteiger partial charge in [0.25, 0.3) is 0 Å². The van der Waals surface area contributed by atoms with Crippen LogP contribution in [0.15, 0.2) is 16.9 Å². The van der Waals surface area contributed by atoms with Crippen molar-refractivity contribution >= 4 is 17.8 Å². The van der Waals surface area contributed by atoms with Gasteiger partial charge in [-0.25, -0.2) is 4.79 Å². The predicted molar refractivity (Wildman–Crippen MR) is 84.3 cm³/mol. The molecule has 118 valence electrons. The van der Waals surface area contributed by atoms with E-state index in [1.165, 1.54) is 0 Å². The number of piperazine rings is 1. The van der Waals surface area contributed by atoms with Crippen LogP contribution in [0.1, 0.15) is 19.0 Å². The van der Waals surface area contributed by atoms with Gasteiger partial charge in [-0.2, -0.15) is 11.8 Å². The largest absolute Gasteiger partial charge is 0.364 e. The molecular formula is C14H24N4O2S. The zero-order chi connectivity index (χ0) is 15.1. The maximum atomic E-state index is 12.2. The molecule has 1 aromatic rings. The van der Waals surface area contributed by atoms with Gasteiger partial charge in [-0.3, -0.25) is 4.90 Å². The molecule has 1 aliphatic rings. The Morgan fingerprint density at radius 1 is 1.48 bits per heavy atom. The number of hydrogen-bond acceptors (Lipinski definition) is 5. The fourth-order valence-electron chi connectivity index (χ4n) is 2.33. The Hall–Kier alpha value is -1.21. The Balaban J connectivity index is 1.69. The number of nitrogens with zero attached hydrogens (tertiary/aromatic N) is 3. The van der Waals surface area contributed by atoms with Gasteiger partial charge in [-0.05, 0) is 25.4 Å². The van der Waals surface area contributed by atoms with Crippen molar-refractivity contribution in [3.05, 3.63) is 18.0 Å². The summed E-state index contributed by atoms with van der Waals surface area (Å²) in [6.45, 7) is 6.13. The number of carbonyl (C=O) groups excluding carboxylic acids is 1. The van der Waals surface area contributed by atoms with Gasteiger partial charge in [0.05, 0.1) is 5.69 Å². The molecule has 2 amide bonds. The van der Waals surface area contributed by atoms with Gasteiger partial charge in [0.1, 0.15) is 6.26 Å². The molecular weight excluding hydrogens is 288 g/mol. The van der Waals surface area contributed by atoms with Crippen molar-refractivity contribution in [2.24, 2.45) is 0 Å². The van der Waals surface area contributed by atoms with E-state index in [1.807, 2.05) is 22.7 Å². The Labute approximate surface area is 130 Å². The molecule has 1 aliphatic heterocycles. The Morgan fingerprint density at radius 2 is 2.24 bits per heavy atom. The lowest BCUT2D eigenvalue weighted by atomic mass is 10.2. The minimum atomic E-state index is 0.0599. The maximum Gasteiger partial charge on any atom is 0.317 e. The molecule has 0 saturated carbocycles. The highest BCUT2D eigenvalue weighted by atomic mass is 32.2. The smallest absolute Gasteiger partial charge is 0.317 e. The molecule has 0 unspecified atom stereocenters. The highest BCUT2D eigenvalue weighted by Crippen LogP contribution is 2.08. The van der Waals surface area contributed by atoms with Crippen molar-refractivity contribution in [2.75, 3.05) is 38.2 Å². The van der Waals surface area contributed by atoms with Gasteiger partial charge in [0, 0.05) is 44.8 Å². The van der Waals surface area contributed by atoms with E-state index in [0.717, 1.165) is 50.6 Å². The zero-order valence-electron chi connectivity index (χ0n) is 12.7. The van der Waals surface area contributed by atoms with Crippen LogP contribution in [0.3, 0.4) is 0 Å². The van der Waals surface area contributed by atoms with Crippen molar-refractivity contribution in [3.8, 4) is 0 Å². The summed E-state index contributed by atoms with van der Waals surface area (Å²) in [4.78, 5) is 16.3. The zero-order valence-corrected chi connectivity index (χ0v) is 13.6. The minimum Gasteiger partial charge on any atom is -0.364 e. The average molecular weight is 312 g/mol. The van der Waals surface area contributed by atoms with Crippen LogP contribution in [0.25, 0.3) is 0 Å². The number of hydrogen-bond donors (Lipinski definition) is 1. The van der Waals surface area contributed by atoms with E-state index in [9.17, 15) is 4.79 Å². The quantitative estimate of drug-likeness (QED) is 0.865. The summed E-state index contributed by atoms with van der Waals surface area (Å²) in [7, 11) is 0. The first kappa shape index (κ1) is 16.2. The summed E-state index contributed by atoms with van der Waals surface area (Å²) >= 11 is 1.81. The number of carbonyl (C=O) groups is 1. The molecule has 1 atom stereocenters. The lowest BCUT2D eigenvalue weighted by Gasteiger charge is -2.34. The van der Waals surface area contributed by atoms with Crippen LogP contribution in [-0.4, -0.2) is 65.2 Å². The van der Waals surface area contributed by atoms with Crippen LogP contribution in [0.4, 0.5) is 4.79 Å². The third kappa shape index (κ3) is 5.24. The number of amides is 2. The van der Waals surface area contributed by atoms with E-state index in [0.29, 0.717) is 0 Å². The molecule has 2 heterocycles. The summed E-state index contributed by atoms with van der Waals surface area (Å²) in [5, 5.41) is 6.99. The van der Waals surface area contributed by atoms with Crippen molar-refractivity contribution in [2.45, 2.75) is 25.9 Å². The summed E-state index contributed by atoms with van der Waals surface area (Å²) in [5.41, 5.74) is 0.943. The summed E-state index contributed by atoms with van der Waals surface area (Å²) in [6.07, 6.45) is 4.69. The van der Waals surface area contributed by atoms with Gasteiger partial charge in [0.15, 0.2) is 0 Å². The van der Waals surface area contributed by atoms with Gasteiger partial charge in [-0.15, -0.1) is 0 Å². The number of nitrogens with one attached hydrogen (secondary N) is 1. The Kier molecular flexibility index (Phi) is 6.38. The second-order valence-electron chi connectivity index (χ2n) is 5.39. The van der Waals surface area contributed by atoms with Crippen molar-refractivity contribution in [1.29, 1.82) is 0 Å². The summed E-state index contributed by atoms with van der Waals surface area (Å²) < 4.78 is 4.84. The van der Waals surface area contributed by atoms with Crippen LogP contribution in [-0.2, 0) is 6.54 Å². The predicted octanol–water partition coefficient (Wildman–Crippen LogP) is 1.64. The highest BCUT2D eigenvalue weighted by molar-refractivity contribution is 7.98. The van der Waals surface area contributed by atoms with Gasteiger partial charge >= 0.3 is 6.03 Å². The molecule has 7 heteroatoms. The van der Waals surface area contributed by atoms with Crippen LogP contribution in [0, 0.1) is 0 Å². The van der Waals surface area contributed by atoms with Crippen molar-refractivity contribution in [3.63, 3.8) is 0 Å². The normalized spacial score (nSPS) is 17.7. The number of rotatable bonds is 6. The number of aromatic nitrogens is 1. The van der Waals surface area contributed by atoms with Gasteiger partial charge < -0.3 is 14.7 Å². The second kappa shape index (κ2) is 8.29. The van der Waals surface area contributed by atoms with E-state index in [4.69, 9.17) is 4.52 Å². The van der Waals surface area contributed by atoms with E-state index >= 15 is 0 Å². The van der Waals surface area contributed by atoms with Gasteiger partial charge in [-0.1, -0.05) is 5.16 Å². The molecule has 1 saturated heterocycles. The first-order valence-electron chi connectivity index (χ1n) is 7.35. The maximum absolute atomic E-state index is 12.2. The lowest BCUT2D eigenvalue weighted by Crippen LogP contribution is -2.52. The van der Waals surface area contributed by atoms with E-state index in [2.05, 4.69) is 28.6 Å². The molecule has 0 bridgehead atoms. The van der Waals surface area contributed by atoms with Crippen molar-refractivity contribution < 1.29 is 9.32 Å². The van der Waals surface area contributed by atoms with Crippen LogP contribution >= 0.6 is 11.8 Å². The fraction of sp³-hybridized carbons (Fsp3) is 0.714. The molecule has 1 fully saturated rings. The Morgan fingerprint density at radius 3 is 2.86 bits per heavy atom. The molecule has 0 aliphatic carbocycles. The second-order valence-corrected chi connectivity index (χ2v) is 6.37. The monoisotopic (exact) mass is 312 g/mol. The minimum absolute atomic E-state index is 0.0599. The third-order valence-electron chi connectivity index (χ3n) is 3.66. The highest BCUT2D eigenvalue weighted by Gasteiger charge is 2.22. The van der Waals surface area contributed by atoms with Crippen LogP contribution in [0.2, 0.25) is 0 Å². The van der Waals surface area contributed by atoms with E-state index in [-0.39, 0.29) is 12.1 Å². The average Bonchev–Trinajstić information content (AvgIpc) is 2.98. The molecule has 1 aromatic heterocycles. The fourth-order valence-corrected chi connectivity index (χ4v) is 2.92. The van der Waals surface area contributed by atoms with E-state index < -0.39 is 0 Å². The Bertz CT molecular complexity index is 419. The van der Waals surface area contributed by atoms with Crippen LogP contribution in [0.5, 0.6) is 0 Å². The molecule has 2 rings (SSSR count). The lowest BCUT2D eigenvalue weighted by molar-refractivity contribution is 0.132. The van der Waals surface area contributed by atoms with E-state index in [1.54, 1.807) is 6.26 Å². The third-order valence-corrected chi connectivity index (χ3v) is 4.31. The summed E-state index contributed by atoms with van der Waals surface area (Å²) in [6, 6.07) is 2.18. The first-order valence-corrected chi connectivity index (χ1v) is 8.74. The molecule has 0 radical (unpaired) electrons. The summed E-state index contributed by atoms with van der Waals surface area (Å²) in [5.74, 6) is 1.08. The standard InChI is InChI=1S/C14H24N4O2S/c1-12(4-10-21-2)15-14(19)18-7-5-17(6-8-18)11-13-3-9-20-16-13/h3,9,12H,4-8,10-11H2,1-2H3,(H,15,19)/t12-/m0/s1. The topological polar surface area (TPSA) is 61.6 Å².